The zero-order valence-corrected chi connectivity index (χ0v) is 15.9. The molecule has 2 aromatic carbocycles. The van der Waals surface area contributed by atoms with E-state index in [4.69, 9.17) is 0 Å². The second kappa shape index (κ2) is 7.98. The van der Waals surface area contributed by atoms with Gasteiger partial charge in [0.2, 0.25) is 5.56 Å². The van der Waals surface area contributed by atoms with Crippen molar-refractivity contribution in [3.8, 4) is 0 Å². The maximum Gasteiger partial charge on any atom is 0.255 e. The Hall–Kier alpha value is -3.93. The number of carbonyl (C=O) groups excluding carboxylic acids is 1. The molecular weight excluding hydrogens is 364 g/mol. The van der Waals surface area contributed by atoms with Gasteiger partial charge in [-0.15, -0.1) is 0 Å². The van der Waals surface area contributed by atoms with E-state index in [0.29, 0.717) is 16.9 Å². The summed E-state index contributed by atoms with van der Waals surface area (Å²) >= 11 is 0. The maximum absolute atomic E-state index is 12.4. The molecule has 0 aliphatic heterocycles. The number of H-pyrrole nitrogens is 1. The van der Waals surface area contributed by atoms with Crippen LogP contribution in [0.15, 0.2) is 77.7 Å². The van der Waals surface area contributed by atoms with E-state index < -0.39 is 0 Å². The van der Waals surface area contributed by atoms with Gasteiger partial charge in [0.15, 0.2) is 0 Å². The average molecular weight is 384 g/mol. The smallest absolute Gasteiger partial charge is 0.255 e. The summed E-state index contributed by atoms with van der Waals surface area (Å²) in [5, 5.41) is 7.04. The number of pyridine rings is 2. The molecular formula is C23H20N4O2. The zero-order chi connectivity index (χ0) is 20.2. The Morgan fingerprint density at radius 3 is 2.38 bits per heavy atom. The highest BCUT2D eigenvalue weighted by Gasteiger charge is 2.07. The average Bonchev–Trinajstić information content (AvgIpc) is 2.75. The van der Waals surface area contributed by atoms with Crippen molar-refractivity contribution in [2.24, 2.45) is 0 Å². The van der Waals surface area contributed by atoms with Crippen molar-refractivity contribution in [3.05, 3.63) is 94.4 Å². The van der Waals surface area contributed by atoms with Crippen LogP contribution < -0.4 is 16.2 Å². The molecule has 0 atom stereocenters. The van der Waals surface area contributed by atoms with Crippen molar-refractivity contribution in [2.45, 2.75) is 13.3 Å². The Balaban J connectivity index is 1.48. The van der Waals surface area contributed by atoms with Gasteiger partial charge in [-0.3, -0.25) is 9.59 Å². The number of amides is 1. The zero-order valence-electron chi connectivity index (χ0n) is 15.9. The van der Waals surface area contributed by atoms with Crippen LogP contribution in [0.1, 0.15) is 22.8 Å². The second-order valence-corrected chi connectivity index (χ2v) is 6.65. The lowest BCUT2D eigenvalue weighted by Crippen LogP contribution is -2.11. The molecule has 29 heavy (non-hydrogen) atoms. The van der Waals surface area contributed by atoms with Crippen LogP contribution in [-0.4, -0.2) is 15.9 Å². The van der Waals surface area contributed by atoms with Crippen molar-refractivity contribution in [3.63, 3.8) is 0 Å². The first-order chi connectivity index (χ1) is 14.1. The minimum absolute atomic E-state index is 0.141. The fourth-order valence-corrected chi connectivity index (χ4v) is 3.06. The van der Waals surface area contributed by atoms with Gasteiger partial charge in [0.05, 0.1) is 5.69 Å². The van der Waals surface area contributed by atoms with Gasteiger partial charge in [0.25, 0.3) is 5.91 Å². The molecule has 144 valence electrons. The highest BCUT2D eigenvalue weighted by Crippen LogP contribution is 2.24. The first-order valence-corrected chi connectivity index (χ1v) is 9.38. The number of rotatable bonds is 5. The highest BCUT2D eigenvalue weighted by atomic mass is 16.1. The summed E-state index contributed by atoms with van der Waals surface area (Å²) in [7, 11) is 0. The van der Waals surface area contributed by atoms with Gasteiger partial charge in [-0.25, -0.2) is 4.98 Å². The minimum Gasteiger partial charge on any atom is -0.355 e. The number of nitrogens with one attached hydrogen (secondary N) is 3. The number of aromatic amines is 1. The van der Waals surface area contributed by atoms with E-state index in [1.807, 2.05) is 54.6 Å². The molecule has 6 nitrogen and oxygen atoms in total. The van der Waals surface area contributed by atoms with Crippen LogP contribution in [0.3, 0.4) is 0 Å². The van der Waals surface area contributed by atoms with Crippen molar-refractivity contribution >= 4 is 34.0 Å². The number of aryl methyl sites for hydroxylation is 1. The molecule has 6 heteroatoms. The van der Waals surface area contributed by atoms with Crippen molar-refractivity contribution in [2.75, 3.05) is 10.6 Å². The number of benzene rings is 2. The molecule has 2 aromatic heterocycles. The Labute approximate surface area is 167 Å². The summed E-state index contributed by atoms with van der Waals surface area (Å²) in [4.78, 5) is 30.8. The molecule has 4 rings (SSSR count). The molecule has 4 aromatic rings. The minimum atomic E-state index is -0.188. The van der Waals surface area contributed by atoms with Crippen molar-refractivity contribution in [1.82, 2.24) is 9.97 Å². The Morgan fingerprint density at radius 1 is 0.931 bits per heavy atom. The standard InChI is InChI=1S/C23H20N4O2/c1-2-15-3-5-16(6-4-15)23(29)26-18-9-7-17(8-10-18)25-20-13-14-24-22-19(20)11-12-21(28)27-22/h3-14H,2H2,1H3,(H,26,29)(H2,24,25,27,28). The number of nitrogens with zero attached hydrogens (tertiary/aromatic N) is 1. The topological polar surface area (TPSA) is 86.9 Å². The molecule has 2 heterocycles. The van der Waals surface area contributed by atoms with Crippen LogP contribution >= 0.6 is 0 Å². The largest absolute Gasteiger partial charge is 0.355 e. The van der Waals surface area contributed by atoms with Gasteiger partial charge < -0.3 is 15.6 Å². The lowest BCUT2D eigenvalue weighted by molar-refractivity contribution is 0.102. The molecule has 3 N–H and O–H groups in total. The van der Waals surface area contributed by atoms with E-state index in [2.05, 4.69) is 27.5 Å². The van der Waals surface area contributed by atoms with E-state index in [1.54, 1.807) is 12.3 Å². The van der Waals surface area contributed by atoms with E-state index in [0.717, 1.165) is 23.2 Å². The summed E-state index contributed by atoms with van der Waals surface area (Å²) in [5.41, 5.74) is 4.57. The summed E-state index contributed by atoms with van der Waals surface area (Å²) < 4.78 is 0. The van der Waals surface area contributed by atoms with Crippen LogP contribution in [0, 0.1) is 0 Å². The fourth-order valence-electron chi connectivity index (χ4n) is 3.06. The molecule has 0 spiro atoms. The molecule has 0 aliphatic carbocycles. The predicted octanol–water partition coefficient (Wildman–Crippen LogP) is 4.48. The third-order valence-corrected chi connectivity index (χ3v) is 4.68. The number of aromatic nitrogens is 2. The highest BCUT2D eigenvalue weighted by molar-refractivity contribution is 6.04. The monoisotopic (exact) mass is 384 g/mol. The van der Waals surface area contributed by atoms with Crippen molar-refractivity contribution in [1.29, 1.82) is 0 Å². The summed E-state index contributed by atoms with van der Waals surface area (Å²) in [5.74, 6) is -0.141. The number of anilines is 3. The Morgan fingerprint density at radius 2 is 1.66 bits per heavy atom. The van der Waals surface area contributed by atoms with Gasteiger partial charge in [0.1, 0.15) is 5.65 Å². The van der Waals surface area contributed by atoms with Crippen LogP contribution in [0.25, 0.3) is 11.0 Å². The van der Waals surface area contributed by atoms with Gasteiger partial charge in [0, 0.05) is 34.6 Å². The molecule has 0 radical (unpaired) electrons. The van der Waals surface area contributed by atoms with Gasteiger partial charge in [-0.2, -0.15) is 0 Å². The number of hydrogen-bond donors (Lipinski definition) is 3. The van der Waals surface area contributed by atoms with Crippen molar-refractivity contribution < 1.29 is 4.79 Å². The van der Waals surface area contributed by atoms with Crippen LogP contribution in [-0.2, 0) is 6.42 Å². The van der Waals surface area contributed by atoms with Gasteiger partial charge in [-0.1, -0.05) is 19.1 Å². The predicted molar refractivity (Wildman–Crippen MR) is 116 cm³/mol. The second-order valence-electron chi connectivity index (χ2n) is 6.65. The molecule has 0 saturated heterocycles. The van der Waals surface area contributed by atoms with E-state index in [9.17, 15) is 9.59 Å². The van der Waals surface area contributed by atoms with Crippen LogP contribution in [0.4, 0.5) is 17.1 Å². The summed E-state index contributed by atoms with van der Waals surface area (Å²) in [6, 6.07) is 20.1. The summed E-state index contributed by atoms with van der Waals surface area (Å²) in [6.45, 7) is 2.08. The number of carbonyl (C=O) groups is 1. The Bertz CT molecular complexity index is 1210. The molecule has 0 aliphatic rings. The SMILES string of the molecule is CCc1ccc(C(=O)Nc2ccc(Nc3ccnc4[nH]c(=O)ccc34)cc2)cc1. The van der Waals surface area contributed by atoms with Crippen LogP contribution in [0.2, 0.25) is 0 Å². The molecule has 0 fully saturated rings. The van der Waals surface area contributed by atoms with Gasteiger partial charge >= 0.3 is 0 Å². The Kier molecular flexibility index (Phi) is 5.07. The molecule has 0 saturated carbocycles. The third-order valence-electron chi connectivity index (χ3n) is 4.68. The quantitative estimate of drug-likeness (QED) is 0.473. The van der Waals surface area contributed by atoms with Gasteiger partial charge in [-0.05, 0) is 60.5 Å². The third kappa shape index (κ3) is 4.16. The maximum atomic E-state index is 12.4. The lowest BCUT2D eigenvalue weighted by atomic mass is 10.1. The van der Waals surface area contributed by atoms with E-state index >= 15 is 0 Å². The first kappa shape index (κ1) is 18.4. The van der Waals surface area contributed by atoms with Crippen LogP contribution in [0.5, 0.6) is 0 Å². The molecule has 0 bridgehead atoms. The number of hydrogen-bond acceptors (Lipinski definition) is 4. The normalized spacial score (nSPS) is 10.7. The first-order valence-electron chi connectivity index (χ1n) is 9.38. The number of fused-ring (bicyclic) bond motifs is 1. The van der Waals surface area contributed by atoms with E-state index in [1.165, 1.54) is 11.6 Å². The summed E-state index contributed by atoms with van der Waals surface area (Å²) in [6.07, 6.45) is 2.58. The fraction of sp³-hybridized carbons (Fsp3) is 0.0870. The van der Waals surface area contributed by atoms with E-state index in [-0.39, 0.29) is 11.5 Å². The lowest BCUT2D eigenvalue weighted by Gasteiger charge is -2.11. The molecule has 0 unspecified atom stereocenters. The molecule has 1 amide bonds.